The molecule has 3 rings (SSSR count). The van der Waals surface area contributed by atoms with Gasteiger partial charge in [-0.25, -0.2) is 9.50 Å². The number of rotatable bonds is 3. The quantitative estimate of drug-likeness (QED) is 0.886. The highest BCUT2D eigenvalue weighted by atomic mass is 79.9. The van der Waals surface area contributed by atoms with Crippen molar-refractivity contribution in [1.29, 1.82) is 0 Å². The molecule has 2 aromatic heterocycles. The van der Waals surface area contributed by atoms with Crippen LogP contribution in [0.15, 0.2) is 10.9 Å². The van der Waals surface area contributed by atoms with Gasteiger partial charge in [0.1, 0.15) is 0 Å². The monoisotopic (exact) mass is 309 g/mol. The molecule has 2 heterocycles. The van der Waals surface area contributed by atoms with Gasteiger partial charge in [-0.3, -0.25) is 9.89 Å². The van der Waals surface area contributed by atoms with Crippen molar-refractivity contribution in [2.24, 2.45) is 0 Å². The summed E-state index contributed by atoms with van der Waals surface area (Å²) in [5.74, 6) is 0.589. The lowest BCUT2D eigenvalue weighted by Gasteiger charge is -2.23. The first kappa shape index (κ1) is 12.0. The lowest BCUT2D eigenvalue weighted by atomic mass is 9.83. The second kappa shape index (κ2) is 4.53. The highest BCUT2D eigenvalue weighted by molar-refractivity contribution is 9.09. The van der Waals surface area contributed by atoms with Gasteiger partial charge in [0.25, 0.3) is 5.56 Å². The van der Waals surface area contributed by atoms with E-state index in [4.69, 9.17) is 0 Å². The second-order valence-electron chi connectivity index (χ2n) is 4.95. The minimum absolute atomic E-state index is 0.0440. The fraction of sp³-hybridized carbons (Fsp3) is 0.538. The molecule has 0 aliphatic heterocycles. The molecule has 1 aliphatic carbocycles. The van der Waals surface area contributed by atoms with Crippen LogP contribution in [-0.2, 0) is 6.42 Å². The topological polar surface area (TPSA) is 50.2 Å². The molecule has 0 unspecified atom stereocenters. The second-order valence-corrected chi connectivity index (χ2v) is 5.75. The number of alkyl halides is 1. The smallest absolute Gasteiger partial charge is 0.276 e. The summed E-state index contributed by atoms with van der Waals surface area (Å²) in [6, 6.07) is 2.02. The van der Waals surface area contributed by atoms with E-state index in [1.54, 1.807) is 4.52 Å². The fourth-order valence-electron chi connectivity index (χ4n) is 2.50. The van der Waals surface area contributed by atoms with Gasteiger partial charge >= 0.3 is 0 Å². The van der Waals surface area contributed by atoms with Gasteiger partial charge in [0.2, 0.25) is 0 Å². The summed E-state index contributed by atoms with van der Waals surface area (Å²) in [5.41, 5.74) is 3.59. The Morgan fingerprint density at radius 1 is 1.56 bits per heavy atom. The van der Waals surface area contributed by atoms with Crippen LogP contribution < -0.4 is 5.56 Å². The molecule has 96 valence electrons. The molecule has 2 aromatic rings. The van der Waals surface area contributed by atoms with Crippen molar-refractivity contribution >= 4 is 21.6 Å². The third-order valence-corrected chi connectivity index (χ3v) is 4.22. The summed E-state index contributed by atoms with van der Waals surface area (Å²) >= 11 is 3.38. The number of hydrogen-bond donors (Lipinski definition) is 1. The van der Waals surface area contributed by atoms with Crippen LogP contribution in [0.5, 0.6) is 0 Å². The highest BCUT2D eigenvalue weighted by Gasteiger charge is 2.22. The highest BCUT2D eigenvalue weighted by Crippen LogP contribution is 2.35. The minimum atomic E-state index is 0.0440. The molecule has 0 atom stereocenters. The molecule has 1 saturated carbocycles. The average Bonchev–Trinajstić information content (AvgIpc) is 2.65. The molecule has 0 bridgehead atoms. The molecule has 0 aromatic carbocycles. The van der Waals surface area contributed by atoms with Crippen molar-refractivity contribution in [1.82, 2.24) is 14.6 Å². The minimum Gasteiger partial charge on any atom is -0.293 e. The number of halogens is 1. The summed E-state index contributed by atoms with van der Waals surface area (Å²) in [4.78, 5) is 16.9. The third-order valence-electron chi connectivity index (χ3n) is 3.82. The molecule has 0 radical (unpaired) electrons. The Hall–Kier alpha value is -1.10. The van der Waals surface area contributed by atoms with Crippen LogP contribution in [0.3, 0.4) is 0 Å². The standard InChI is InChI=1S/C13H16BrN3O/c1-8-10(5-6-14)13(18)17-12(15-8)7-11(16-17)9-3-2-4-9/h7,9,16H,2-6H2,1H3. The maximum Gasteiger partial charge on any atom is 0.276 e. The van der Waals surface area contributed by atoms with Crippen LogP contribution in [-0.4, -0.2) is 19.9 Å². The lowest BCUT2D eigenvalue weighted by Crippen LogP contribution is -2.22. The van der Waals surface area contributed by atoms with Gasteiger partial charge in [-0.15, -0.1) is 0 Å². The number of H-pyrrole nitrogens is 1. The van der Waals surface area contributed by atoms with Crippen LogP contribution in [0.25, 0.3) is 5.65 Å². The van der Waals surface area contributed by atoms with Gasteiger partial charge in [-0.1, -0.05) is 22.4 Å². The average molecular weight is 310 g/mol. The zero-order chi connectivity index (χ0) is 12.7. The Bertz CT molecular complexity index is 639. The predicted octanol–water partition coefficient (Wildman–Crippen LogP) is 2.54. The van der Waals surface area contributed by atoms with Crippen LogP contribution in [0, 0.1) is 6.92 Å². The molecule has 0 spiro atoms. The molecule has 4 nitrogen and oxygen atoms in total. The SMILES string of the molecule is Cc1nc2cc(C3CCC3)[nH]n2c(=O)c1CCBr. The molecule has 1 fully saturated rings. The number of nitrogens with zero attached hydrogens (tertiary/aromatic N) is 2. The van der Waals surface area contributed by atoms with Crippen LogP contribution in [0.4, 0.5) is 0 Å². The number of hydrogen-bond acceptors (Lipinski definition) is 2. The van der Waals surface area contributed by atoms with E-state index in [0.29, 0.717) is 5.92 Å². The van der Waals surface area contributed by atoms with E-state index >= 15 is 0 Å². The molecular formula is C13H16BrN3O. The molecule has 5 heteroatoms. The maximum atomic E-state index is 12.4. The molecule has 0 amide bonds. The molecular weight excluding hydrogens is 294 g/mol. The molecule has 1 N–H and O–H groups in total. The lowest BCUT2D eigenvalue weighted by molar-refractivity contribution is 0.409. The number of nitrogens with one attached hydrogen (secondary N) is 1. The van der Waals surface area contributed by atoms with Gasteiger partial charge in [0, 0.05) is 34.3 Å². The first-order valence-corrected chi connectivity index (χ1v) is 7.50. The summed E-state index contributed by atoms with van der Waals surface area (Å²) in [6.45, 7) is 1.91. The van der Waals surface area contributed by atoms with Gasteiger partial charge < -0.3 is 0 Å². The van der Waals surface area contributed by atoms with Crippen molar-refractivity contribution in [3.63, 3.8) is 0 Å². The van der Waals surface area contributed by atoms with Gasteiger partial charge in [0.15, 0.2) is 5.65 Å². The Morgan fingerprint density at radius 3 is 2.94 bits per heavy atom. The van der Waals surface area contributed by atoms with E-state index in [1.807, 2.05) is 13.0 Å². The van der Waals surface area contributed by atoms with Crippen molar-refractivity contribution in [2.75, 3.05) is 5.33 Å². The Kier molecular flexibility index (Phi) is 3.01. The van der Waals surface area contributed by atoms with Crippen LogP contribution in [0.2, 0.25) is 0 Å². The van der Waals surface area contributed by atoms with E-state index < -0.39 is 0 Å². The fourth-order valence-corrected chi connectivity index (χ4v) is 2.90. The van der Waals surface area contributed by atoms with Gasteiger partial charge in [-0.05, 0) is 26.2 Å². The van der Waals surface area contributed by atoms with Crippen LogP contribution in [0.1, 0.15) is 42.1 Å². The van der Waals surface area contributed by atoms with E-state index in [2.05, 4.69) is 26.0 Å². The zero-order valence-electron chi connectivity index (χ0n) is 10.4. The number of fused-ring (bicyclic) bond motifs is 1. The first-order valence-electron chi connectivity index (χ1n) is 6.38. The number of aryl methyl sites for hydroxylation is 1. The van der Waals surface area contributed by atoms with Gasteiger partial charge in [0.05, 0.1) is 0 Å². The Morgan fingerprint density at radius 2 is 2.33 bits per heavy atom. The number of aromatic nitrogens is 3. The van der Waals surface area contributed by atoms with Crippen molar-refractivity contribution in [3.8, 4) is 0 Å². The largest absolute Gasteiger partial charge is 0.293 e. The third kappa shape index (κ3) is 1.81. The molecule has 1 aliphatic rings. The van der Waals surface area contributed by atoms with Crippen LogP contribution >= 0.6 is 15.9 Å². The normalized spacial score (nSPS) is 16.1. The number of aromatic amines is 1. The summed E-state index contributed by atoms with van der Waals surface area (Å²) < 4.78 is 1.60. The zero-order valence-corrected chi connectivity index (χ0v) is 12.0. The van der Waals surface area contributed by atoms with E-state index in [1.165, 1.54) is 19.3 Å². The Balaban J connectivity index is 2.15. The summed E-state index contributed by atoms with van der Waals surface area (Å²) in [7, 11) is 0. The van der Waals surface area contributed by atoms with Crippen molar-refractivity contribution in [2.45, 2.75) is 38.5 Å². The van der Waals surface area contributed by atoms with E-state index in [-0.39, 0.29) is 5.56 Å². The summed E-state index contributed by atoms with van der Waals surface area (Å²) in [5, 5.41) is 4.00. The Labute approximate surface area is 114 Å². The maximum absolute atomic E-state index is 12.4. The summed E-state index contributed by atoms with van der Waals surface area (Å²) in [6.07, 6.45) is 4.44. The van der Waals surface area contributed by atoms with Gasteiger partial charge in [-0.2, -0.15) is 0 Å². The predicted molar refractivity (Wildman–Crippen MR) is 74.6 cm³/mol. The molecule has 0 saturated heterocycles. The molecule has 18 heavy (non-hydrogen) atoms. The first-order chi connectivity index (χ1) is 8.70. The van der Waals surface area contributed by atoms with E-state index in [0.717, 1.165) is 34.3 Å². The van der Waals surface area contributed by atoms with Crippen molar-refractivity contribution < 1.29 is 0 Å². The van der Waals surface area contributed by atoms with Crippen molar-refractivity contribution in [3.05, 3.63) is 33.4 Å². The van der Waals surface area contributed by atoms with E-state index in [9.17, 15) is 4.79 Å².